The van der Waals surface area contributed by atoms with Gasteiger partial charge in [-0.25, -0.2) is 4.98 Å². The third kappa shape index (κ3) is 2.92. The number of hydrogen-bond acceptors (Lipinski definition) is 4. The van der Waals surface area contributed by atoms with Gasteiger partial charge in [0.25, 0.3) is 0 Å². The van der Waals surface area contributed by atoms with Gasteiger partial charge in [-0.3, -0.25) is 0 Å². The third-order valence-electron chi connectivity index (χ3n) is 2.70. The predicted octanol–water partition coefficient (Wildman–Crippen LogP) is 3.31. The summed E-state index contributed by atoms with van der Waals surface area (Å²) in [6.45, 7) is 0.562. The number of imidazole rings is 1. The Morgan fingerprint density at radius 1 is 1.30 bits per heavy atom. The number of hydrogen-bond donors (Lipinski definition) is 0. The largest absolute Gasteiger partial charge is 0.504 e. The molecule has 3 rings (SSSR count). The van der Waals surface area contributed by atoms with Crippen molar-refractivity contribution in [3.8, 4) is 0 Å². The maximum absolute atomic E-state index is 12.5. The van der Waals surface area contributed by atoms with Crippen LogP contribution in [0.25, 0.3) is 0 Å². The van der Waals surface area contributed by atoms with Gasteiger partial charge in [-0.05, 0) is 22.9 Å². The van der Waals surface area contributed by atoms with E-state index in [2.05, 4.69) is 4.98 Å². The topological polar surface area (TPSA) is 37.9 Å². The molecule has 20 heavy (non-hydrogen) atoms. The van der Waals surface area contributed by atoms with Gasteiger partial charge in [-0.1, -0.05) is 12.1 Å². The fourth-order valence-corrected chi connectivity index (χ4v) is 3.14. The maximum atomic E-state index is 12.5. The molecule has 3 aromatic rings. The van der Waals surface area contributed by atoms with Gasteiger partial charge < -0.3 is 0 Å². The minimum atomic E-state index is -0.107. The van der Waals surface area contributed by atoms with Crippen molar-refractivity contribution in [1.29, 1.82) is 0 Å². The summed E-state index contributed by atoms with van der Waals surface area (Å²) >= 11 is 3.25. The molecule has 0 saturated carbocycles. The lowest BCUT2D eigenvalue weighted by Gasteiger charge is -2.01. The molecule has 4 nitrogen and oxygen atoms in total. The van der Waals surface area contributed by atoms with Gasteiger partial charge in [0, 0.05) is 4.88 Å². The molecule has 0 N–H and O–H groups in total. The number of nitrogens with zero attached hydrogens (tertiary/aromatic N) is 3. The summed E-state index contributed by atoms with van der Waals surface area (Å²) in [6.07, 6.45) is 6.66. The molecule has 3 heterocycles. The Labute approximate surface area is 124 Å². The van der Waals surface area contributed by atoms with Crippen molar-refractivity contribution in [2.24, 2.45) is 0 Å². The second-order valence-corrected chi connectivity index (χ2v) is 6.12. The zero-order chi connectivity index (χ0) is 13.8. The van der Waals surface area contributed by atoms with E-state index in [4.69, 9.17) is 0 Å². The van der Waals surface area contributed by atoms with Crippen LogP contribution in [0.2, 0.25) is 0 Å². The van der Waals surface area contributed by atoms with Crippen molar-refractivity contribution in [3.05, 3.63) is 63.5 Å². The SMILES string of the molecule is O=C(n1ccnc1)/[N+](=C\c1cccs1)Cc1cccs1. The van der Waals surface area contributed by atoms with Crippen LogP contribution < -0.4 is 0 Å². The van der Waals surface area contributed by atoms with Crippen molar-refractivity contribution < 1.29 is 9.37 Å². The number of aromatic nitrogens is 2. The second kappa shape index (κ2) is 5.94. The first kappa shape index (κ1) is 13.0. The van der Waals surface area contributed by atoms with Crippen LogP contribution in [0, 0.1) is 0 Å². The summed E-state index contributed by atoms with van der Waals surface area (Å²) in [5.74, 6) is 0. The van der Waals surface area contributed by atoms with Gasteiger partial charge in [0.05, 0.1) is 11.1 Å². The Bertz CT molecular complexity index is 698. The molecule has 0 saturated heterocycles. The van der Waals surface area contributed by atoms with Gasteiger partial charge in [0.15, 0.2) is 6.33 Å². The summed E-state index contributed by atoms with van der Waals surface area (Å²) in [5, 5.41) is 4.01. The average Bonchev–Trinajstić information content (AvgIpc) is 3.20. The first-order chi connectivity index (χ1) is 9.83. The quantitative estimate of drug-likeness (QED) is 0.550. The van der Waals surface area contributed by atoms with Gasteiger partial charge >= 0.3 is 6.03 Å². The predicted molar refractivity (Wildman–Crippen MR) is 80.8 cm³/mol. The van der Waals surface area contributed by atoms with Gasteiger partial charge in [-0.2, -0.15) is 13.9 Å². The molecule has 0 aliphatic heterocycles. The molecule has 3 aromatic heterocycles. The summed E-state index contributed by atoms with van der Waals surface area (Å²) in [6, 6.07) is 7.88. The van der Waals surface area contributed by atoms with Crippen LogP contribution in [0.1, 0.15) is 9.75 Å². The summed E-state index contributed by atoms with van der Waals surface area (Å²) < 4.78 is 3.19. The molecule has 0 radical (unpaired) electrons. The van der Waals surface area contributed by atoms with Crippen molar-refractivity contribution in [1.82, 2.24) is 9.55 Å². The van der Waals surface area contributed by atoms with E-state index >= 15 is 0 Å². The summed E-state index contributed by atoms with van der Waals surface area (Å²) in [7, 11) is 0. The first-order valence-corrected chi connectivity index (χ1v) is 7.78. The molecule has 6 heteroatoms. The molecule has 0 spiro atoms. The van der Waals surface area contributed by atoms with E-state index < -0.39 is 0 Å². The zero-order valence-electron chi connectivity index (χ0n) is 10.5. The van der Waals surface area contributed by atoms with E-state index in [0.29, 0.717) is 6.54 Å². The standard InChI is InChI=1S/C14H12N3OS2/c18-14(16-6-5-15-11-16)17(9-12-3-1-7-19-12)10-13-4-2-8-20-13/h1-9,11H,10H2/q+1/b17-9-. The highest BCUT2D eigenvalue weighted by molar-refractivity contribution is 7.11. The summed E-state index contributed by atoms with van der Waals surface area (Å²) in [5.41, 5.74) is 0. The van der Waals surface area contributed by atoms with Crippen molar-refractivity contribution >= 4 is 34.9 Å². The number of carbonyl (C=O) groups is 1. The lowest BCUT2D eigenvalue weighted by atomic mass is 10.4. The lowest BCUT2D eigenvalue weighted by Crippen LogP contribution is -2.25. The molecular weight excluding hydrogens is 290 g/mol. The lowest BCUT2D eigenvalue weighted by molar-refractivity contribution is -0.439. The molecule has 1 amide bonds. The monoisotopic (exact) mass is 302 g/mol. The van der Waals surface area contributed by atoms with E-state index in [1.807, 2.05) is 41.2 Å². The molecule has 0 aliphatic rings. The highest BCUT2D eigenvalue weighted by atomic mass is 32.1. The summed E-state index contributed by atoms with van der Waals surface area (Å²) in [4.78, 5) is 18.6. The molecule has 100 valence electrons. The van der Waals surface area contributed by atoms with Gasteiger partial charge in [0.2, 0.25) is 0 Å². The van der Waals surface area contributed by atoms with Crippen molar-refractivity contribution in [2.45, 2.75) is 6.54 Å². The Morgan fingerprint density at radius 2 is 2.15 bits per heavy atom. The van der Waals surface area contributed by atoms with E-state index in [1.54, 1.807) is 39.6 Å². The van der Waals surface area contributed by atoms with Crippen LogP contribution in [-0.4, -0.2) is 26.4 Å². The second-order valence-electron chi connectivity index (χ2n) is 4.10. The van der Waals surface area contributed by atoms with E-state index in [0.717, 1.165) is 9.75 Å². The Balaban J connectivity index is 1.93. The molecule has 0 unspecified atom stereocenters. The van der Waals surface area contributed by atoms with Crippen LogP contribution in [0.3, 0.4) is 0 Å². The average molecular weight is 302 g/mol. The maximum Gasteiger partial charge on any atom is 0.504 e. The van der Waals surface area contributed by atoms with Crippen LogP contribution >= 0.6 is 22.7 Å². The van der Waals surface area contributed by atoms with E-state index in [9.17, 15) is 4.79 Å². The Kier molecular flexibility index (Phi) is 3.85. The Morgan fingerprint density at radius 3 is 2.80 bits per heavy atom. The number of rotatable bonds is 3. The highest BCUT2D eigenvalue weighted by Gasteiger charge is 2.19. The smallest absolute Gasteiger partial charge is 0.220 e. The van der Waals surface area contributed by atoms with Crippen LogP contribution in [0.4, 0.5) is 4.79 Å². The minimum absolute atomic E-state index is 0.107. The first-order valence-electron chi connectivity index (χ1n) is 6.02. The third-order valence-corrected chi connectivity index (χ3v) is 4.37. The van der Waals surface area contributed by atoms with E-state index in [-0.39, 0.29) is 6.03 Å². The Hall–Kier alpha value is -2.05. The molecule has 0 aromatic carbocycles. The number of thiophene rings is 2. The fourth-order valence-electron chi connectivity index (χ4n) is 1.78. The van der Waals surface area contributed by atoms with Gasteiger partial charge in [-0.15, -0.1) is 22.7 Å². The highest BCUT2D eigenvalue weighted by Crippen LogP contribution is 2.12. The van der Waals surface area contributed by atoms with Gasteiger partial charge in [0.1, 0.15) is 19.0 Å². The molecule has 0 aliphatic carbocycles. The number of carbonyl (C=O) groups excluding carboxylic acids is 1. The number of amides is 1. The van der Waals surface area contributed by atoms with Crippen LogP contribution in [0.15, 0.2) is 53.7 Å². The van der Waals surface area contributed by atoms with Crippen LogP contribution in [-0.2, 0) is 6.54 Å². The van der Waals surface area contributed by atoms with E-state index in [1.165, 1.54) is 10.9 Å². The molecule has 0 bridgehead atoms. The molecular formula is C14H12N3OS2+. The zero-order valence-corrected chi connectivity index (χ0v) is 12.2. The molecule has 0 fully saturated rings. The van der Waals surface area contributed by atoms with Crippen molar-refractivity contribution in [3.63, 3.8) is 0 Å². The molecule has 0 atom stereocenters. The van der Waals surface area contributed by atoms with Crippen LogP contribution in [0.5, 0.6) is 0 Å². The fraction of sp³-hybridized carbons (Fsp3) is 0.0714. The minimum Gasteiger partial charge on any atom is -0.220 e. The van der Waals surface area contributed by atoms with Crippen molar-refractivity contribution in [2.75, 3.05) is 0 Å². The normalized spacial score (nSPS) is 11.7.